The number of hydrazine groups is 1. The number of hydrogen-bond donors (Lipinski definition) is 2. The second-order valence-electron chi connectivity index (χ2n) is 5.53. The van der Waals surface area contributed by atoms with Crippen LogP contribution >= 0.6 is 0 Å². The van der Waals surface area contributed by atoms with Crippen LogP contribution in [-0.4, -0.2) is 19.0 Å². The van der Waals surface area contributed by atoms with Crippen LogP contribution in [-0.2, 0) is 0 Å². The molecule has 0 saturated heterocycles. The Morgan fingerprint density at radius 3 is 2.22 bits per heavy atom. The summed E-state index contributed by atoms with van der Waals surface area (Å²) in [5.74, 6) is 6.37. The van der Waals surface area contributed by atoms with Crippen LogP contribution in [0.2, 0.25) is 0 Å². The van der Waals surface area contributed by atoms with E-state index in [0.29, 0.717) is 0 Å². The molecular formula is C15H25N3. The van der Waals surface area contributed by atoms with E-state index in [1.54, 1.807) is 0 Å². The first kappa shape index (κ1) is 13.5. The first-order chi connectivity index (χ1) is 8.72. The number of nitrogens with one attached hydrogen (secondary N) is 1. The highest BCUT2D eigenvalue weighted by Gasteiger charge is 2.16. The molecule has 0 spiro atoms. The standard InChI is InChI=1S/C15H25N3/c1-18(2)15(17-16)14-10-8-13(9-11-14)12-6-4-3-5-7-12/h8-12,15,17H,3-7,16H2,1-2H3. The van der Waals surface area contributed by atoms with Crippen molar-refractivity contribution in [1.82, 2.24) is 10.3 Å². The van der Waals surface area contributed by atoms with E-state index in [4.69, 9.17) is 5.84 Å². The first-order valence-electron chi connectivity index (χ1n) is 6.95. The average molecular weight is 247 g/mol. The van der Waals surface area contributed by atoms with Gasteiger partial charge in [-0.25, -0.2) is 5.43 Å². The molecular weight excluding hydrogens is 222 g/mol. The first-order valence-corrected chi connectivity index (χ1v) is 6.95. The van der Waals surface area contributed by atoms with Crippen molar-refractivity contribution in [2.45, 2.75) is 44.2 Å². The molecule has 0 aromatic heterocycles. The molecule has 0 aliphatic heterocycles. The Hall–Kier alpha value is -0.900. The van der Waals surface area contributed by atoms with E-state index in [1.165, 1.54) is 43.2 Å². The molecule has 1 aliphatic carbocycles. The van der Waals surface area contributed by atoms with Crippen LogP contribution in [0.15, 0.2) is 24.3 Å². The van der Waals surface area contributed by atoms with Crippen LogP contribution in [0.3, 0.4) is 0 Å². The molecule has 0 bridgehead atoms. The number of nitrogens with two attached hydrogens (primary N) is 1. The van der Waals surface area contributed by atoms with E-state index in [2.05, 4.69) is 34.6 Å². The molecule has 100 valence electrons. The SMILES string of the molecule is CN(C)C(NN)c1ccc(C2CCCCC2)cc1. The normalized spacial score (nSPS) is 19.1. The second-order valence-corrected chi connectivity index (χ2v) is 5.53. The highest BCUT2D eigenvalue weighted by Crippen LogP contribution is 2.33. The van der Waals surface area contributed by atoms with Crippen molar-refractivity contribution in [3.05, 3.63) is 35.4 Å². The van der Waals surface area contributed by atoms with Crippen LogP contribution in [0.25, 0.3) is 0 Å². The van der Waals surface area contributed by atoms with Crippen LogP contribution in [0, 0.1) is 0 Å². The van der Waals surface area contributed by atoms with Crippen molar-refractivity contribution in [1.29, 1.82) is 0 Å². The Balaban J connectivity index is 2.08. The molecule has 1 unspecified atom stereocenters. The molecule has 3 heteroatoms. The Kier molecular flexibility index (Phi) is 4.75. The summed E-state index contributed by atoms with van der Waals surface area (Å²) >= 11 is 0. The zero-order valence-corrected chi connectivity index (χ0v) is 11.5. The van der Waals surface area contributed by atoms with Gasteiger partial charge in [-0.1, -0.05) is 43.5 Å². The molecule has 1 aromatic carbocycles. The van der Waals surface area contributed by atoms with Gasteiger partial charge in [0.1, 0.15) is 0 Å². The lowest BCUT2D eigenvalue weighted by Gasteiger charge is -2.25. The summed E-state index contributed by atoms with van der Waals surface area (Å²) in [5.41, 5.74) is 5.56. The molecule has 3 nitrogen and oxygen atoms in total. The molecule has 1 saturated carbocycles. The lowest BCUT2D eigenvalue weighted by Crippen LogP contribution is -2.37. The van der Waals surface area contributed by atoms with Gasteiger partial charge in [0, 0.05) is 0 Å². The molecule has 1 aromatic rings. The monoisotopic (exact) mass is 247 g/mol. The van der Waals surface area contributed by atoms with E-state index >= 15 is 0 Å². The minimum absolute atomic E-state index is 0.0883. The van der Waals surface area contributed by atoms with E-state index in [9.17, 15) is 0 Å². The van der Waals surface area contributed by atoms with Crippen molar-refractivity contribution in [3.63, 3.8) is 0 Å². The molecule has 2 rings (SSSR count). The molecule has 1 atom stereocenters. The highest BCUT2D eigenvalue weighted by atomic mass is 15.4. The lowest BCUT2D eigenvalue weighted by molar-refractivity contribution is 0.253. The van der Waals surface area contributed by atoms with Crippen molar-refractivity contribution >= 4 is 0 Å². The van der Waals surface area contributed by atoms with Gasteiger partial charge in [-0.15, -0.1) is 0 Å². The Bertz CT molecular complexity index is 353. The Morgan fingerprint density at radius 1 is 1.11 bits per heavy atom. The fraction of sp³-hybridized carbons (Fsp3) is 0.600. The van der Waals surface area contributed by atoms with Gasteiger partial charge in [0.25, 0.3) is 0 Å². The number of rotatable bonds is 4. The third kappa shape index (κ3) is 3.10. The van der Waals surface area contributed by atoms with Crippen LogP contribution in [0.1, 0.15) is 55.3 Å². The maximum atomic E-state index is 5.59. The molecule has 0 radical (unpaired) electrons. The predicted molar refractivity (Wildman–Crippen MR) is 76.0 cm³/mol. The van der Waals surface area contributed by atoms with Gasteiger partial charge >= 0.3 is 0 Å². The fourth-order valence-corrected chi connectivity index (χ4v) is 2.93. The highest BCUT2D eigenvalue weighted by molar-refractivity contribution is 5.27. The number of benzene rings is 1. The summed E-state index contributed by atoms with van der Waals surface area (Å²) in [4.78, 5) is 2.08. The van der Waals surface area contributed by atoms with Crippen molar-refractivity contribution < 1.29 is 0 Å². The molecule has 3 N–H and O–H groups in total. The van der Waals surface area contributed by atoms with E-state index in [0.717, 1.165) is 5.92 Å². The maximum absolute atomic E-state index is 5.59. The van der Waals surface area contributed by atoms with Gasteiger partial charge in [-0.2, -0.15) is 0 Å². The summed E-state index contributed by atoms with van der Waals surface area (Å²) in [7, 11) is 4.05. The van der Waals surface area contributed by atoms with Crippen molar-refractivity contribution in [3.8, 4) is 0 Å². The van der Waals surface area contributed by atoms with Crippen LogP contribution < -0.4 is 11.3 Å². The molecule has 0 heterocycles. The molecule has 1 fully saturated rings. The minimum Gasteiger partial charge on any atom is -0.289 e. The van der Waals surface area contributed by atoms with Gasteiger partial charge in [-0.3, -0.25) is 10.7 Å². The second kappa shape index (κ2) is 6.32. The van der Waals surface area contributed by atoms with Crippen LogP contribution in [0.5, 0.6) is 0 Å². The molecule has 18 heavy (non-hydrogen) atoms. The average Bonchev–Trinajstić information content (AvgIpc) is 2.41. The van der Waals surface area contributed by atoms with Gasteiger partial charge in [-0.05, 0) is 44.0 Å². The minimum atomic E-state index is 0.0883. The Labute approximate surface area is 110 Å². The van der Waals surface area contributed by atoms with Gasteiger partial charge in [0.2, 0.25) is 0 Å². The summed E-state index contributed by atoms with van der Waals surface area (Å²) in [6.45, 7) is 0. The molecule has 1 aliphatic rings. The van der Waals surface area contributed by atoms with Gasteiger partial charge < -0.3 is 0 Å². The number of nitrogens with zero attached hydrogens (tertiary/aromatic N) is 1. The zero-order valence-electron chi connectivity index (χ0n) is 11.5. The lowest BCUT2D eigenvalue weighted by atomic mass is 9.84. The van der Waals surface area contributed by atoms with Crippen molar-refractivity contribution in [2.75, 3.05) is 14.1 Å². The maximum Gasteiger partial charge on any atom is 0.0980 e. The third-order valence-electron chi connectivity index (χ3n) is 4.00. The third-order valence-corrected chi connectivity index (χ3v) is 4.00. The summed E-state index contributed by atoms with van der Waals surface area (Å²) in [6, 6.07) is 8.96. The van der Waals surface area contributed by atoms with Gasteiger partial charge in [0.05, 0.1) is 6.17 Å². The fourth-order valence-electron chi connectivity index (χ4n) is 2.93. The van der Waals surface area contributed by atoms with Crippen LogP contribution in [0.4, 0.5) is 0 Å². The van der Waals surface area contributed by atoms with E-state index in [1.807, 2.05) is 14.1 Å². The predicted octanol–water partition coefficient (Wildman–Crippen LogP) is 2.76. The van der Waals surface area contributed by atoms with E-state index in [-0.39, 0.29) is 6.17 Å². The van der Waals surface area contributed by atoms with E-state index < -0.39 is 0 Å². The van der Waals surface area contributed by atoms with Gasteiger partial charge in [0.15, 0.2) is 0 Å². The summed E-state index contributed by atoms with van der Waals surface area (Å²) in [6.07, 6.45) is 6.98. The van der Waals surface area contributed by atoms with Crippen molar-refractivity contribution in [2.24, 2.45) is 5.84 Å². The Morgan fingerprint density at radius 2 is 1.72 bits per heavy atom. The number of hydrogen-bond acceptors (Lipinski definition) is 3. The molecule has 0 amide bonds. The smallest absolute Gasteiger partial charge is 0.0980 e. The largest absolute Gasteiger partial charge is 0.289 e. The quantitative estimate of drug-likeness (QED) is 0.488. The summed E-state index contributed by atoms with van der Waals surface area (Å²) in [5, 5.41) is 0. The summed E-state index contributed by atoms with van der Waals surface area (Å²) < 4.78 is 0. The topological polar surface area (TPSA) is 41.3 Å². The zero-order chi connectivity index (χ0) is 13.0.